The molecule has 2 aromatic rings. The topological polar surface area (TPSA) is 78.8 Å². The van der Waals surface area contributed by atoms with Crippen molar-refractivity contribution in [1.29, 1.82) is 0 Å². The molecule has 3 rings (SSSR count). The van der Waals surface area contributed by atoms with Crippen molar-refractivity contribution in [2.24, 2.45) is 4.99 Å². The number of rotatable bonds is 3. The van der Waals surface area contributed by atoms with Crippen LogP contribution in [0.3, 0.4) is 0 Å². The molecule has 0 saturated carbocycles. The van der Waals surface area contributed by atoms with E-state index < -0.39 is 5.97 Å². The number of carbonyl (C=O) groups is 2. The summed E-state index contributed by atoms with van der Waals surface area (Å²) in [6, 6.07) is 15.8. The summed E-state index contributed by atoms with van der Waals surface area (Å²) in [5.41, 5.74) is 1.59. The van der Waals surface area contributed by atoms with Gasteiger partial charge in [-0.05, 0) is 47.7 Å². The minimum Gasteiger partial charge on any atom is -0.478 e. The average molecular weight is 324 g/mol. The van der Waals surface area contributed by atoms with Crippen LogP contribution in [0.5, 0.6) is 0 Å². The fourth-order valence-electron chi connectivity index (χ4n) is 2.01. The molecule has 0 aromatic heterocycles. The normalized spacial score (nSPS) is 17.5. The first kappa shape index (κ1) is 15.1. The van der Waals surface area contributed by atoms with Gasteiger partial charge in [-0.15, -0.1) is 0 Å². The summed E-state index contributed by atoms with van der Waals surface area (Å²) >= 11 is 1.23. The van der Waals surface area contributed by atoms with Crippen molar-refractivity contribution in [1.82, 2.24) is 5.32 Å². The fourth-order valence-corrected chi connectivity index (χ4v) is 2.85. The van der Waals surface area contributed by atoms with E-state index in [0.29, 0.717) is 15.6 Å². The summed E-state index contributed by atoms with van der Waals surface area (Å²) in [5, 5.41) is 12.2. The Morgan fingerprint density at radius 3 is 2.65 bits per heavy atom. The number of nitrogens with one attached hydrogen (secondary N) is 1. The Morgan fingerprint density at radius 2 is 1.91 bits per heavy atom. The zero-order chi connectivity index (χ0) is 16.2. The van der Waals surface area contributed by atoms with Crippen molar-refractivity contribution < 1.29 is 14.7 Å². The summed E-state index contributed by atoms with van der Waals surface area (Å²) in [7, 11) is 0. The highest BCUT2D eigenvalue weighted by atomic mass is 32.2. The van der Waals surface area contributed by atoms with Gasteiger partial charge in [-0.25, -0.2) is 9.79 Å². The fraction of sp³-hybridized carbons (Fsp3) is 0. The summed E-state index contributed by atoms with van der Waals surface area (Å²) in [5.74, 6) is -1.24. The molecule has 1 aliphatic rings. The van der Waals surface area contributed by atoms with Crippen LogP contribution in [0.2, 0.25) is 0 Å². The highest BCUT2D eigenvalue weighted by Gasteiger charge is 2.23. The maximum absolute atomic E-state index is 12.0. The molecule has 0 atom stereocenters. The molecule has 2 aromatic carbocycles. The maximum Gasteiger partial charge on any atom is 0.335 e. The third-order valence-corrected chi connectivity index (χ3v) is 3.98. The predicted molar refractivity (Wildman–Crippen MR) is 90.6 cm³/mol. The van der Waals surface area contributed by atoms with Gasteiger partial charge in [0.1, 0.15) is 0 Å². The molecule has 0 unspecified atom stereocenters. The van der Waals surface area contributed by atoms with Crippen molar-refractivity contribution in [2.75, 3.05) is 0 Å². The van der Waals surface area contributed by atoms with Gasteiger partial charge in [-0.3, -0.25) is 4.79 Å². The molecule has 23 heavy (non-hydrogen) atoms. The van der Waals surface area contributed by atoms with Crippen molar-refractivity contribution in [2.45, 2.75) is 0 Å². The lowest BCUT2D eigenvalue weighted by Crippen LogP contribution is -2.19. The SMILES string of the molecule is O=C1NC(=Nc2ccccc2)S/C1=C/c1cccc(C(=O)O)c1. The van der Waals surface area contributed by atoms with Gasteiger partial charge in [-0.2, -0.15) is 0 Å². The highest BCUT2D eigenvalue weighted by molar-refractivity contribution is 8.18. The van der Waals surface area contributed by atoms with Crippen LogP contribution in [0.25, 0.3) is 6.08 Å². The first-order valence-electron chi connectivity index (χ1n) is 6.80. The molecule has 5 nitrogen and oxygen atoms in total. The van der Waals surface area contributed by atoms with Crippen LogP contribution in [0.4, 0.5) is 5.69 Å². The van der Waals surface area contributed by atoms with E-state index in [0.717, 1.165) is 5.69 Å². The molecule has 1 fully saturated rings. The van der Waals surface area contributed by atoms with Crippen molar-refractivity contribution >= 4 is 40.6 Å². The van der Waals surface area contributed by atoms with E-state index in [2.05, 4.69) is 10.3 Å². The van der Waals surface area contributed by atoms with Gasteiger partial charge in [0, 0.05) is 0 Å². The quantitative estimate of drug-likeness (QED) is 0.849. The number of carboxylic acids is 1. The first-order chi connectivity index (χ1) is 11.1. The van der Waals surface area contributed by atoms with Gasteiger partial charge in [0.25, 0.3) is 5.91 Å². The number of carbonyl (C=O) groups excluding carboxylic acids is 1. The second-order valence-electron chi connectivity index (χ2n) is 4.75. The van der Waals surface area contributed by atoms with E-state index in [4.69, 9.17) is 5.11 Å². The van der Waals surface area contributed by atoms with E-state index in [9.17, 15) is 9.59 Å². The second-order valence-corrected chi connectivity index (χ2v) is 5.78. The number of para-hydroxylation sites is 1. The third-order valence-electron chi connectivity index (χ3n) is 3.07. The lowest BCUT2D eigenvalue weighted by atomic mass is 10.1. The van der Waals surface area contributed by atoms with E-state index >= 15 is 0 Å². The zero-order valence-corrected chi connectivity index (χ0v) is 12.7. The summed E-state index contributed by atoms with van der Waals surface area (Å²) in [6.45, 7) is 0. The molecular formula is C17H12N2O3S. The standard InChI is InChI=1S/C17H12N2O3S/c20-15-14(10-11-5-4-6-12(9-11)16(21)22)23-17(19-15)18-13-7-2-1-3-8-13/h1-10H,(H,21,22)(H,18,19,20)/b14-10+. The number of nitrogens with zero attached hydrogens (tertiary/aromatic N) is 1. The maximum atomic E-state index is 12.0. The monoisotopic (exact) mass is 324 g/mol. The number of amides is 1. The molecule has 0 radical (unpaired) electrons. The Kier molecular flexibility index (Phi) is 4.25. The molecule has 0 spiro atoms. The largest absolute Gasteiger partial charge is 0.478 e. The molecule has 0 bridgehead atoms. The Hall–Kier alpha value is -2.86. The van der Waals surface area contributed by atoms with Crippen molar-refractivity contribution in [3.8, 4) is 0 Å². The summed E-state index contributed by atoms with van der Waals surface area (Å²) in [4.78, 5) is 27.8. The number of hydrogen-bond acceptors (Lipinski definition) is 4. The van der Waals surface area contributed by atoms with Crippen LogP contribution < -0.4 is 5.32 Å². The van der Waals surface area contributed by atoms with Gasteiger partial charge in [0.15, 0.2) is 5.17 Å². The number of hydrogen-bond donors (Lipinski definition) is 2. The number of benzene rings is 2. The Bertz CT molecular complexity index is 829. The van der Waals surface area contributed by atoms with Crippen LogP contribution in [0.1, 0.15) is 15.9 Å². The number of amidine groups is 1. The molecular weight excluding hydrogens is 312 g/mol. The number of thioether (sulfide) groups is 1. The van der Waals surface area contributed by atoms with Crippen LogP contribution in [0.15, 0.2) is 64.5 Å². The predicted octanol–water partition coefficient (Wildman–Crippen LogP) is 3.28. The van der Waals surface area contributed by atoms with Gasteiger partial charge in [0.2, 0.25) is 0 Å². The molecule has 2 N–H and O–H groups in total. The summed E-state index contributed by atoms with van der Waals surface area (Å²) < 4.78 is 0. The number of carboxylic acid groups (broad SMARTS) is 1. The van der Waals surface area contributed by atoms with Crippen LogP contribution in [-0.4, -0.2) is 22.2 Å². The zero-order valence-electron chi connectivity index (χ0n) is 11.9. The van der Waals surface area contributed by atoms with Crippen molar-refractivity contribution in [3.05, 3.63) is 70.6 Å². The number of aromatic carboxylic acids is 1. The van der Waals surface area contributed by atoms with Crippen molar-refractivity contribution in [3.63, 3.8) is 0 Å². The molecule has 0 aliphatic carbocycles. The minimum atomic E-state index is -1.000. The van der Waals surface area contributed by atoms with E-state index in [1.54, 1.807) is 18.2 Å². The van der Waals surface area contributed by atoms with E-state index in [-0.39, 0.29) is 11.5 Å². The van der Waals surface area contributed by atoms with Crippen LogP contribution in [0, 0.1) is 0 Å². The molecule has 1 aliphatic heterocycles. The Balaban J connectivity index is 1.84. The van der Waals surface area contributed by atoms with Gasteiger partial charge >= 0.3 is 5.97 Å². The molecule has 1 amide bonds. The molecule has 1 saturated heterocycles. The lowest BCUT2D eigenvalue weighted by Gasteiger charge is -1.97. The van der Waals surface area contributed by atoms with Gasteiger partial charge in [-0.1, -0.05) is 30.3 Å². The Labute approximate surface area is 136 Å². The second kappa shape index (κ2) is 6.50. The first-order valence-corrected chi connectivity index (χ1v) is 7.61. The van der Waals surface area contributed by atoms with Gasteiger partial charge < -0.3 is 10.4 Å². The van der Waals surface area contributed by atoms with Crippen LogP contribution >= 0.6 is 11.8 Å². The smallest absolute Gasteiger partial charge is 0.335 e. The van der Waals surface area contributed by atoms with E-state index in [1.807, 2.05) is 30.3 Å². The lowest BCUT2D eigenvalue weighted by molar-refractivity contribution is -0.115. The molecule has 6 heteroatoms. The van der Waals surface area contributed by atoms with Crippen LogP contribution in [-0.2, 0) is 4.79 Å². The highest BCUT2D eigenvalue weighted by Crippen LogP contribution is 2.28. The third kappa shape index (κ3) is 3.67. The number of aliphatic imine (C=N–C) groups is 1. The van der Waals surface area contributed by atoms with E-state index in [1.165, 1.54) is 23.9 Å². The molecule has 114 valence electrons. The average Bonchev–Trinajstić information content (AvgIpc) is 2.88. The Morgan fingerprint density at radius 1 is 1.13 bits per heavy atom. The van der Waals surface area contributed by atoms with Gasteiger partial charge in [0.05, 0.1) is 16.2 Å². The summed E-state index contributed by atoms with van der Waals surface area (Å²) in [6.07, 6.45) is 1.65. The molecule has 1 heterocycles. The minimum absolute atomic E-state index is 0.181.